The Bertz CT molecular complexity index is 1280. The molecule has 4 aromatic rings. The Labute approximate surface area is 171 Å². The number of aryl methyl sites for hydroxylation is 2. The van der Waals surface area contributed by atoms with Gasteiger partial charge in [-0.2, -0.15) is 4.52 Å². The predicted molar refractivity (Wildman–Crippen MR) is 113 cm³/mol. The van der Waals surface area contributed by atoms with Crippen LogP contribution in [0.4, 0.5) is 17.2 Å². The van der Waals surface area contributed by atoms with Gasteiger partial charge in [0, 0.05) is 49.0 Å². The zero-order chi connectivity index (χ0) is 20.8. The average molecular weight is 404 g/mol. The second kappa shape index (κ2) is 6.90. The van der Waals surface area contributed by atoms with Gasteiger partial charge in [-0.15, -0.1) is 15.3 Å². The Morgan fingerprint density at radius 2 is 1.77 bits per heavy atom. The van der Waals surface area contributed by atoms with Crippen LogP contribution in [0.25, 0.3) is 16.6 Å². The molecule has 10 nitrogen and oxygen atoms in total. The van der Waals surface area contributed by atoms with Crippen molar-refractivity contribution in [3.63, 3.8) is 0 Å². The van der Waals surface area contributed by atoms with E-state index in [1.165, 1.54) is 6.07 Å². The van der Waals surface area contributed by atoms with Gasteiger partial charge in [-0.05, 0) is 32.0 Å². The molecule has 1 aliphatic rings. The van der Waals surface area contributed by atoms with Crippen molar-refractivity contribution in [3.05, 3.63) is 58.0 Å². The number of nitro benzene ring substituents is 1. The number of non-ortho nitro benzene ring substituents is 1. The Kier molecular flexibility index (Phi) is 4.19. The lowest BCUT2D eigenvalue weighted by atomic mass is 10.1. The fourth-order valence-electron chi connectivity index (χ4n) is 3.98. The molecule has 1 aliphatic heterocycles. The summed E-state index contributed by atoms with van der Waals surface area (Å²) in [6.45, 7) is 6.89. The van der Waals surface area contributed by atoms with Crippen molar-refractivity contribution >= 4 is 33.7 Å². The number of rotatable bonds is 3. The number of anilines is 2. The standard InChI is InChI=1S/C20H20N8O2/c1-13-12-17(15-4-3-5-16(28(29)30)20(15)21-13)25-8-10-26(11-9-25)19-7-6-18-23-22-14(2)27(18)24-19/h3-7,12H,8-11H2,1-2H3. The summed E-state index contributed by atoms with van der Waals surface area (Å²) in [5.41, 5.74) is 2.96. The molecule has 0 spiro atoms. The molecule has 152 valence electrons. The average Bonchev–Trinajstić information content (AvgIpc) is 3.13. The number of hydrogen-bond acceptors (Lipinski definition) is 8. The second-order valence-electron chi connectivity index (χ2n) is 7.40. The molecule has 0 bridgehead atoms. The molecule has 1 fully saturated rings. The molecular formula is C20H20N8O2. The summed E-state index contributed by atoms with van der Waals surface area (Å²) in [7, 11) is 0. The van der Waals surface area contributed by atoms with Crippen molar-refractivity contribution in [2.24, 2.45) is 0 Å². The zero-order valence-corrected chi connectivity index (χ0v) is 16.7. The fraction of sp³-hybridized carbons (Fsp3) is 0.300. The first-order valence-corrected chi connectivity index (χ1v) is 9.75. The molecule has 5 rings (SSSR count). The zero-order valence-electron chi connectivity index (χ0n) is 16.7. The predicted octanol–water partition coefficient (Wildman–Crippen LogP) is 2.52. The van der Waals surface area contributed by atoms with Gasteiger partial charge >= 0.3 is 0 Å². The largest absolute Gasteiger partial charge is 0.367 e. The fourth-order valence-corrected chi connectivity index (χ4v) is 3.98. The third-order valence-corrected chi connectivity index (χ3v) is 5.47. The molecule has 3 aromatic heterocycles. The number of pyridine rings is 1. The Morgan fingerprint density at radius 1 is 1.00 bits per heavy atom. The van der Waals surface area contributed by atoms with Crippen LogP contribution in [0.1, 0.15) is 11.5 Å². The molecule has 1 saturated heterocycles. The molecule has 1 aromatic carbocycles. The molecule has 0 atom stereocenters. The van der Waals surface area contributed by atoms with Crippen LogP contribution in [0, 0.1) is 24.0 Å². The van der Waals surface area contributed by atoms with E-state index in [0.29, 0.717) is 5.52 Å². The number of nitrogens with zero attached hydrogens (tertiary/aromatic N) is 8. The highest BCUT2D eigenvalue weighted by Gasteiger charge is 2.23. The molecule has 30 heavy (non-hydrogen) atoms. The lowest BCUT2D eigenvalue weighted by Gasteiger charge is -2.37. The molecule has 10 heteroatoms. The smallest absolute Gasteiger partial charge is 0.295 e. The van der Waals surface area contributed by atoms with Crippen LogP contribution < -0.4 is 9.80 Å². The van der Waals surface area contributed by atoms with Crippen molar-refractivity contribution in [2.75, 3.05) is 36.0 Å². The number of aromatic nitrogens is 5. The maximum atomic E-state index is 11.4. The van der Waals surface area contributed by atoms with Gasteiger partial charge in [-0.1, -0.05) is 12.1 Å². The monoisotopic (exact) mass is 404 g/mol. The van der Waals surface area contributed by atoms with Crippen LogP contribution in [0.5, 0.6) is 0 Å². The minimum atomic E-state index is -0.370. The van der Waals surface area contributed by atoms with Gasteiger partial charge in [0.25, 0.3) is 5.69 Å². The van der Waals surface area contributed by atoms with Crippen LogP contribution in [-0.2, 0) is 0 Å². The Morgan fingerprint density at radius 3 is 2.53 bits per heavy atom. The van der Waals surface area contributed by atoms with Gasteiger partial charge < -0.3 is 9.80 Å². The number of benzene rings is 1. The quantitative estimate of drug-likeness (QED) is 0.379. The summed E-state index contributed by atoms with van der Waals surface area (Å²) in [5.74, 6) is 1.64. The maximum absolute atomic E-state index is 11.4. The summed E-state index contributed by atoms with van der Waals surface area (Å²) in [5, 5.41) is 25.1. The summed E-state index contributed by atoms with van der Waals surface area (Å²) in [4.78, 5) is 20.0. The molecular weight excluding hydrogens is 384 g/mol. The van der Waals surface area contributed by atoms with E-state index >= 15 is 0 Å². The summed E-state index contributed by atoms with van der Waals surface area (Å²) < 4.78 is 1.75. The van der Waals surface area contributed by atoms with Crippen molar-refractivity contribution in [2.45, 2.75) is 13.8 Å². The molecule has 0 radical (unpaired) electrons. The van der Waals surface area contributed by atoms with E-state index in [2.05, 4.69) is 30.1 Å². The van der Waals surface area contributed by atoms with E-state index in [0.717, 1.165) is 60.2 Å². The SMILES string of the molecule is Cc1cc(N2CCN(c3ccc4nnc(C)n4n3)CC2)c2cccc([N+](=O)[O-])c2n1. The molecule has 0 saturated carbocycles. The van der Waals surface area contributed by atoms with Crippen molar-refractivity contribution < 1.29 is 4.92 Å². The summed E-state index contributed by atoms with van der Waals surface area (Å²) >= 11 is 0. The van der Waals surface area contributed by atoms with Gasteiger partial charge in [0.2, 0.25) is 0 Å². The van der Waals surface area contributed by atoms with Crippen LogP contribution in [0.15, 0.2) is 36.4 Å². The Hall–Kier alpha value is -3.82. The number of para-hydroxylation sites is 1. The van der Waals surface area contributed by atoms with E-state index in [-0.39, 0.29) is 10.6 Å². The molecule has 0 N–H and O–H groups in total. The number of hydrogen-bond donors (Lipinski definition) is 0. The number of fused-ring (bicyclic) bond motifs is 2. The normalized spacial score (nSPS) is 14.6. The van der Waals surface area contributed by atoms with Crippen LogP contribution >= 0.6 is 0 Å². The van der Waals surface area contributed by atoms with Crippen LogP contribution in [0.2, 0.25) is 0 Å². The highest BCUT2D eigenvalue weighted by molar-refractivity contribution is 5.97. The first kappa shape index (κ1) is 18.2. The van der Waals surface area contributed by atoms with Gasteiger partial charge in [-0.25, -0.2) is 4.98 Å². The number of piperazine rings is 1. The lowest BCUT2D eigenvalue weighted by Crippen LogP contribution is -2.47. The maximum Gasteiger partial charge on any atom is 0.295 e. The number of nitro groups is 1. The highest BCUT2D eigenvalue weighted by Crippen LogP contribution is 2.32. The lowest BCUT2D eigenvalue weighted by molar-refractivity contribution is -0.383. The molecule has 0 amide bonds. The topological polar surface area (TPSA) is 106 Å². The van der Waals surface area contributed by atoms with Crippen molar-refractivity contribution in [1.82, 2.24) is 24.8 Å². The van der Waals surface area contributed by atoms with Gasteiger partial charge in [-0.3, -0.25) is 10.1 Å². The van der Waals surface area contributed by atoms with E-state index < -0.39 is 0 Å². The van der Waals surface area contributed by atoms with Gasteiger partial charge in [0.15, 0.2) is 17.0 Å². The van der Waals surface area contributed by atoms with Gasteiger partial charge in [0.05, 0.1) is 4.92 Å². The summed E-state index contributed by atoms with van der Waals surface area (Å²) in [6.07, 6.45) is 0. The minimum absolute atomic E-state index is 0.0397. The van der Waals surface area contributed by atoms with E-state index in [4.69, 9.17) is 0 Å². The minimum Gasteiger partial charge on any atom is -0.367 e. The molecule has 0 unspecified atom stereocenters. The first-order chi connectivity index (χ1) is 14.5. The van der Waals surface area contributed by atoms with E-state index in [1.54, 1.807) is 10.6 Å². The molecule has 4 heterocycles. The van der Waals surface area contributed by atoms with E-state index in [1.807, 2.05) is 38.1 Å². The third kappa shape index (κ3) is 2.97. The second-order valence-corrected chi connectivity index (χ2v) is 7.40. The van der Waals surface area contributed by atoms with Gasteiger partial charge in [0.1, 0.15) is 5.82 Å². The van der Waals surface area contributed by atoms with Crippen LogP contribution in [-0.4, -0.2) is 55.9 Å². The summed E-state index contributed by atoms with van der Waals surface area (Å²) in [6, 6.07) is 11.0. The molecule has 0 aliphatic carbocycles. The van der Waals surface area contributed by atoms with Crippen molar-refractivity contribution in [1.29, 1.82) is 0 Å². The van der Waals surface area contributed by atoms with Crippen molar-refractivity contribution in [3.8, 4) is 0 Å². The van der Waals surface area contributed by atoms with E-state index in [9.17, 15) is 10.1 Å². The van der Waals surface area contributed by atoms with Crippen LogP contribution in [0.3, 0.4) is 0 Å². The Balaban J connectivity index is 1.44. The third-order valence-electron chi connectivity index (χ3n) is 5.47. The highest BCUT2D eigenvalue weighted by atomic mass is 16.6. The first-order valence-electron chi connectivity index (χ1n) is 9.75.